The zero-order valence-electron chi connectivity index (χ0n) is 16.8. The van der Waals surface area contributed by atoms with Crippen molar-refractivity contribution in [2.75, 3.05) is 30.5 Å². The van der Waals surface area contributed by atoms with E-state index in [1.165, 1.54) is 0 Å². The minimum Gasteiger partial charge on any atom is -0.383 e. The molecule has 7 nitrogen and oxygen atoms in total. The Morgan fingerprint density at radius 3 is 2.76 bits per heavy atom. The van der Waals surface area contributed by atoms with E-state index in [9.17, 15) is 9.59 Å². The van der Waals surface area contributed by atoms with Crippen LogP contribution in [-0.4, -0.2) is 41.6 Å². The van der Waals surface area contributed by atoms with Crippen molar-refractivity contribution in [3.63, 3.8) is 0 Å². The standard InChI is InChI=1S/C22H24N4O3/c1-14-8-9-16(15(2)12-14)23-20(27)13-19-21(28)25(10-11-29-3)22-24-17-6-4-5-7-18(17)26(19)22/h4-9,12,19H,10-11,13H2,1-3H3,(H,23,27)/t19-/m1/s1. The van der Waals surface area contributed by atoms with Crippen molar-refractivity contribution in [1.82, 2.24) is 9.55 Å². The van der Waals surface area contributed by atoms with E-state index in [1.54, 1.807) is 12.0 Å². The predicted octanol–water partition coefficient (Wildman–Crippen LogP) is 3.22. The van der Waals surface area contributed by atoms with E-state index in [2.05, 4.69) is 10.3 Å². The van der Waals surface area contributed by atoms with E-state index in [-0.39, 0.29) is 18.2 Å². The highest BCUT2D eigenvalue weighted by molar-refractivity contribution is 6.05. The number of carbonyl (C=O) groups is 2. The van der Waals surface area contributed by atoms with Gasteiger partial charge in [-0.1, -0.05) is 29.8 Å². The third-order valence-corrected chi connectivity index (χ3v) is 5.24. The minimum absolute atomic E-state index is 0.0446. The fraction of sp³-hybridized carbons (Fsp3) is 0.318. The number of methoxy groups -OCH3 is 1. The van der Waals surface area contributed by atoms with Crippen molar-refractivity contribution >= 4 is 34.5 Å². The number of anilines is 2. The van der Waals surface area contributed by atoms with Gasteiger partial charge in [0.2, 0.25) is 11.9 Å². The van der Waals surface area contributed by atoms with Gasteiger partial charge in [0.15, 0.2) is 0 Å². The lowest BCUT2D eigenvalue weighted by Crippen LogP contribution is -2.33. The van der Waals surface area contributed by atoms with Gasteiger partial charge in [-0.25, -0.2) is 4.98 Å². The molecular weight excluding hydrogens is 368 g/mol. The number of aromatic nitrogens is 2. The summed E-state index contributed by atoms with van der Waals surface area (Å²) in [6.07, 6.45) is 0.0446. The van der Waals surface area contributed by atoms with Gasteiger partial charge < -0.3 is 10.1 Å². The first-order valence-electron chi connectivity index (χ1n) is 9.64. The summed E-state index contributed by atoms with van der Waals surface area (Å²) in [5.74, 6) is 0.233. The Labute approximate surface area is 169 Å². The van der Waals surface area contributed by atoms with E-state index in [0.717, 1.165) is 27.8 Å². The van der Waals surface area contributed by atoms with Crippen molar-refractivity contribution in [3.05, 3.63) is 53.6 Å². The van der Waals surface area contributed by atoms with Crippen LogP contribution in [0.2, 0.25) is 0 Å². The van der Waals surface area contributed by atoms with Gasteiger partial charge in [-0.2, -0.15) is 0 Å². The van der Waals surface area contributed by atoms with Crippen LogP contribution in [0.1, 0.15) is 23.6 Å². The summed E-state index contributed by atoms with van der Waals surface area (Å²) in [7, 11) is 1.60. The predicted molar refractivity (Wildman–Crippen MR) is 112 cm³/mol. The number of hydrogen-bond acceptors (Lipinski definition) is 4. The third-order valence-electron chi connectivity index (χ3n) is 5.24. The highest BCUT2D eigenvalue weighted by atomic mass is 16.5. The van der Waals surface area contributed by atoms with Crippen molar-refractivity contribution in [2.24, 2.45) is 0 Å². The normalized spacial score (nSPS) is 15.8. The molecule has 1 aliphatic heterocycles. The molecule has 4 rings (SSSR count). The van der Waals surface area contributed by atoms with Crippen molar-refractivity contribution < 1.29 is 14.3 Å². The first kappa shape index (κ1) is 19.1. The van der Waals surface area contributed by atoms with Gasteiger partial charge in [0.05, 0.1) is 30.6 Å². The van der Waals surface area contributed by atoms with Crippen molar-refractivity contribution in [2.45, 2.75) is 26.3 Å². The topological polar surface area (TPSA) is 76.5 Å². The van der Waals surface area contributed by atoms with E-state index in [1.807, 2.05) is 60.9 Å². The first-order valence-corrected chi connectivity index (χ1v) is 9.64. The zero-order valence-corrected chi connectivity index (χ0v) is 16.8. The molecule has 1 atom stereocenters. The number of nitrogens with one attached hydrogen (secondary N) is 1. The summed E-state index contributed by atoms with van der Waals surface area (Å²) >= 11 is 0. The Balaban J connectivity index is 1.63. The van der Waals surface area contributed by atoms with Crippen LogP contribution < -0.4 is 10.2 Å². The molecule has 3 aromatic rings. The van der Waals surface area contributed by atoms with Gasteiger partial charge >= 0.3 is 0 Å². The van der Waals surface area contributed by atoms with Crippen LogP contribution in [0.15, 0.2) is 42.5 Å². The first-order chi connectivity index (χ1) is 14.0. The Morgan fingerprint density at radius 2 is 2.00 bits per heavy atom. The molecule has 29 heavy (non-hydrogen) atoms. The van der Waals surface area contributed by atoms with Crippen molar-refractivity contribution in [1.29, 1.82) is 0 Å². The summed E-state index contributed by atoms with van der Waals surface area (Å²) < 4.78 is 7.02. The summed E-state index contributed by atoms with van der Waals surface area (Å²) in [4.78, 5) is 32.1. The quantitative estimate of drug-likeness (QED) is 0.699. The number of rotatable bonds is 6. The molecule has 2 aromatic carbocycles. The third kappa shape index (κ3) is 3.49. The maximum absolute atomic E-state index is 13.1. The van der Waals surface area contributed by atoms with Crippen LogP contribution in [0.5, 0.6) is 0 Å². The molecule has 1 N–H and O–H groups in total. The highest BCUT2D eigenvalue weighted by Crippen LogP contribution is 2.36. The number of benzene rings is 2. The second-order valence-corrected chi connectivity index (χ2v) is 7.34. The van der Waals surface area contributed by atoms with Crippen LogP contribution in [0.25, 0.3) is 11.0 Å². The molecule has 0 bridgehead atoms. The second-order valence-electron chi connectivity index (χ2n) is 7.34. The maximum atomic E-state index is 13.1. The average Bonchev–Trinajstić information content (AvgIpc) is 3.18. The number of fused-ring (bicyclic) bond motifs is 3. The molecule has 7 heteroatoms. The number of carbonyl (C=O) groups excluding carboxylic acids is 2. The van der Waals surface area contributed by atoms with E-state index in [0.29, 0.717) is 19.1 Å². The number of para-hydroxylation sites is 2. The molecule has 2 heterocycles. The minimum atomic E-state index is -0.625. The van der Waals surface area contributed by atoms with E-state index in [4.69, 9.17) is 4.74 Å². The highest BCUT2D eigenvalue weighted by Gasteiger charge is 2.40. The molecule has 0 fully saturated rings. The van der Waals surface area contributed by atoms with Crippen LogP contribution in [0, 0.1) is 13.8 Å². The van der Waals surface area contributed by atoms with Crippen LogP contribution in [0.4, 0.5) is 11.6 Å². The van der Waals surface area contributed by atoms with E-state index < -0.39 is 6.04 Å². The van der Waals surface area contributed by atoms with E-state index >= 15 is 0 Å². The molecule has 1 aromatic heterocycles. The second kappa shape index (κ2) is 7.67. The molecule has 0 saturated carbocycles. The average molecular weight is 392 g/mol. The fourth-order valence-electron chi connectivity index (χ4n) is 3.82. The molecule has 0 spiro atoms. The molecular formula is C22H24N4O3. The summed E-state index contributed by atoms with van der Waals surface area (Å²) in [6, 6.07) is 12.9. The number of aryl methyl sites for hydroxylation is 2. The summed E-state index contributed by atoms with van der Waals surface area (Å²) in [5.41, 5.74) is 4.54. The number of nitrogens with zero attached hydrogens (tertiary/aromatic N) is 3. The summed E-state index contributed by atoms with van der Waals surface area (Å²) in [6.45, 7) is 4.76. The van der Waals surface area contributed by atoms with Crippen molar-refractivity contribution in [3.8, 4) is 0 Å². The van der Waals surface area contributed by atoms with Gasteiger partial charge in [0, 0.05) is 12.8 Å². The molecule has 0 radical (unpaired) electrons. The van der Waals surface area contributed by atoms with Gasteiger partial charge in [-0.05, 0) is 37.6 Å². The monoisotopic (exact) mass is 392 g/mol. The summed E-state index contributed by atoms with van der Waals surface area (Å²) in [5, 5.41) is 2.95. The molecule has 150 valence electrons. The molecule has 0 aliphatic carbocycles. The number of ether oxygens (including phenoxy) is 1. The van der Waals surface area contributed by atoms with Crippen LogP contribution in [0.3, 0.4) is 0 Å². The fourth-order valence-corrected chi connectivity index (χ4v) is 3.82. The SMILES string of the molecule is COCCN1C(=O)[C@@H](CC(=O)Nc2ccc(C)cc2C)n2c1nc1ccccc12. The van der Waals surface area contributed by atoms with Gasteiger partial charge in [-0.15, -0.1) is 0 Å². The number of amides is 2. The number of hydrogen-bond donors (Lipinski definition) is 1. The lowest BCUT2D eigenvalue weighted by molar-refractivity contribution is -0.124. The largest absolute Gasteiger partial charge is 0.383 e. The Bertz CT molecular complexity index is 1090. The molecule has 0 unspecified atom stereocenters. The van der Waals surface area contributed by atoms with Crippen LogP contribution in [-0.2, 0) is 14.3 Å². The molecule has 0 saturated heterocycles. The maximum Gasteiger partial charge on any atom is 0.253 e. The lowest BCUT2D eigenvalue weighted by Gasteiger charge is -2.16. The Hall–Kier alpha value is -3.19. The zero-order chi connectivity index (χ0) is 20.5. The van der Waals surface area contributed by atoms with Gasteiger partial charge in [0.1, 0.15) is 6.04 Å². The number of imidazole rings is 1. The lowest BCUT2D eigenvalue weighted by atomic mass is 10.1. The Morgan fingerprint density at radius 1 is 1.21 bits per heavy atom. The molecule has 1 aliphatic rings. The van der Waals surface area contributed by atoms with Crippen LogP contribution >= 0.6 is 0 Å². The molecule has 2 amide bonds. The Kier molecular flexibility index (Phi) is 5.07. The smallest absolute Gasteiger partial charge is 0.253 e. The van der Waals surface area contributed by atoms with Gasteiger partial charge in [0.25, 0.3) is 5.91 Å². The van der Waals surface area contributed by atoms with Gasteiger partial charge in [-0.3, -0.25) is 19.1 Å².